The maximum absolute atomic E-state index is 13.6. The fourth-order valence-electron chi connectivity index (χ4n) is 4.88. The van der Waals surface area contributed by atoms with Crippen molar-refractivity contribution in [3.8, 4) is 0 Å². The number of carbonyl (C=O) groups is 2. The lowest BCUT2D eigenvalue weighted by Crippen LogP contribution is -2.41. The molecule has 4 aromatic rings. The van der Waals surface area contributed by atoms with Gasteiger partial charge in [0.15, 0.2) is 0 Å². The molecule has 0 radical (unpaired) electrons. The molecule has 2 unspecified atom stereocenters. The number of carbonyl (C=O) groups excluding carboxylic acids is 2. The molecule has 198 valence electrons. The van der Waals surface area contributed by atoms with E-state index in [2.05, 4.69) is 22.5 Å². The molecule has 39 heavy (non-hydrogen) atoms. The highest BCUT2D eigenvalue weighted by Gasteiger charge is 2.35. The van der Waals surface area contributed by atoms with E-state index in [0.717, 1.165) is 33.6 Å². The minimum absolute atomic E-state index is 0.00674. The van der Waals surface area contributed by atoms with Crippen molar-refractivity contribution in [1.82, 2.24) is 4.98 Å². The van der Waals surface area contributed by atoms with Crippen LogP contribution in [0.5, 0.6) is 0 Å². The molecule has 6 nitrogen and oxygen atoms in total. The van der Waals surface area contributed by atoms with E-state index in [1.54, 1.807) is 12.4 Å². The van der Waals surface area contributed by atoms with Crippen molar-refractivity contribution in [1.29, 1.82) is 0 Å². The summed E-state index contributed by atoms with van der Waals surface area (Å²) in [5.74, 6) is -0.183. The van der Waals surface area contributed by atoms with Gasteiger partial charge in [-0.3, -0.25) is 14.6 Å². The Morgan fingerprint density at radius 2 is 1.59 bits per heavy atom. The molecule has 1 aliphatic rings. The van der Waals surface area contributed by atoms with Gasteiger partial charge in [0.1, 0.15) is 0 Å². The SMILES string of the molecule is CC(C)C(=O)Nc1ccc2c(c1)C(c1ccc(Cl)cc1)N(c1ccc(NC(C)c3ccncc3)cc1)C(=O)C2. The Morgan fingerprint density at radius 1 is 0.923 bits per heavy atom. The van der Waals surface area contributed by atoms with Gasteiger partial charge >= 0.3 is 0 Å². The minimum Gasteiger partial charge on any atom is -0.379 e. The zero-order valence-corrected chi connectivity index (χ0v) is 22.9. The van der Waals surface area contributed by atoms with Crippen LogP contribution in [0.25, 0.3) is 0 Å². The van der Waals surface area contributed by atoms with Crippen molar-refractivity contribution in [3.63, 3.8) is 0 Å². The van der Waals surface area contributed by atoms with E-state index in [0.29, 0.717) is 10.7 Å². The first-order valence-electron chi connectivity index (χ1n) is 13.1. The summed E-state index contributed by atoms with van der Waals surface area (Å²) >= 11 is 6.21. The zero-order chi connectivity index (χ0) is 27.5. The summed E-state index contributed by atoms with van der Waals surface area (Å²) in [6, 6.07) is 25.0. The highest BCUT2D eigenvalue weighted by atomic mass is 35.5. The van der Waals surface area contributed by atoms with E-state index < -0.39 is 0 Å². The molecule has 2 atom stereocenters. The van der Waals surface area contributed by atoms with Crippen LogP contribution < -0.4 is 15.5 Å². The minimum atomic E-state index is -0.371. The average Bonchev–Trinajstić information content (AvgIpc) is 2.94. The first kappa shape index (κ1) is 26.4. The molecule has 1 aliphatic heterocycles. The summed E-state index contributed by atoms with van der Waals surface area (Å²) in [6.45, 7) is 5.82. The first-order chi connectivity index (χ1) is 18.8. The van der Waals surface area contributed by atoms with Gasteiger partial charge in [-0.05, 0) is 89.8 Å². The van der Waals surface area contributed by atoms with Gasteiger partial charge in [-0.15, -0.1) is 0 Å². The molecular formula is C32H31ClN4O2. The van der Waals surface area contributed by atoms with Crippen LogP contribution in [-0.4, -0.2) is 16.8 Å². The van der Waals surface area contributed by atoms with Crippen LogP contribution in [0, 0.1) is 5.92 Å². The lowest BCUT2D eigenvalue weighted by Gasteiger charge is -2.38. The first-order valence-corrected chi connectivity index (χ1v) is 13.5. The number of pyridine rings is 1. The van der Waals surface area contributed by atoms with E-state index >= 15 is 0 Å². The third-order valence-electron chi connectivity index (χ3n) is 7.02. The number of fused-ring (bicyclic) bond motifs is 1. The molecule has 0 aliphatic carbocycles. The Bertz CT molecular complexity index is 1470. The molecule has 0 bridgehead atoms. The maximum Gasteiger partial charge on any atom is 0.232 e. The van der Waals surface area contributed by atoms with Crippen molar-refractivity contribution in [3.05, 3.63) is 119 Å². The molecule has 3 aromatic carbocycles. The van der Waals surface area contributed by atoms with Crippen molar-refractivity contribution in [2.45, 2.75) is 39.3 Å². The van der Waals surface area contributed by atoms with E-state index in [1.165, 1.54) is 0 Å². The molecule has 2 N–H and O–H groups in total. The summed E-state index contributed by atoms with van der Waals surface area (Å²) in [6.07, 6.45) is 3.84. The van der Waals surface area contributed by atoms with Gasteiger partial charge in [-0.1, -0.05) is 43.6 Å². The summed E-state index contributed by atoms with van der Waals surface area (Å²) in [5, 5.41) is 7.14. The van der Waals surface area contributed by atoms with E-state index in [-0.39, 0.29) is 36.2 Å². The zero-order valence-electron chi connectivity index (χ0n) is 22.2. The Kier molecular flexibility index (Phi) is 7.66. The fourth-order valence-corrected chi connectivity index (χ4v) is 5.00. The van der Waals surface area contributed by atoms with Gasteiger partial charge in [0.2, 0.25) is 11.8 Å². The lowest BCUT2D eigenvalue weighted by atomic mass is 9.87. The Balaban J connectivity index is 1.50. The number of anilines is 3. The fraction of sp³-hybridized carbons (Fsp3) is 0.219. The third-order valence-corrected chi connectivity index (χ3v) is 7.27. The summed E-state index contributed by atoms with van der Waals surface area (Å²) < 4.78 is 0. The number of nitrogens with one attached hydrogen (secondary N) is 2. The van der Waals surface area contributed by atoms with Crippen LogP contribution >= 0.6 is 11.6 Å². The number of nitrogens with zero attached hydrogens (tertiary/aromatic N) is 2. The third kappa shape index (κ3) is 5.81. The number of amides is 2. The second-order valence-electron chi connectivity index (χ2n) is 10.1. The smallest absolute Gasteiger partial charge is 0.232 e. The van der Waals surface area contributed by atoms with Crippen LogP contribution in [0.3, 0.4) is 0 Å². The normalized spacial score (nSPS) is 15.6. The highest BCUT2D eigenvalue weighted by molar-refractivity contribution is 6.30. The largest absolute Gasteiger partial charge is 0.379 e. The molecular weight excluding hydrogens is 508 g/mol. The highest BCUT2D eigenvalue weighted by Crippen LogP contribution is 2.40. The van der Waals surface area contributed by atoms with E-state index in [9.17, 15) is 9.59 Å². The van der Waals surface area contributed by atoms with Crippen LogP contribution in [0.1, 0.15) is 55.1 Å². The van der Waals surface area contributed by atoms with Crippen LogP contribution in [0.4, 0.5) is 17.1 Å². The lowest BCUT2D eigenvalue weighted by molar-refractivity contribution is -0.119. The quantitative estimate of drug-likeness (QED) is 0.261. The Morgan fingerprint density at radius 3 is 2.26 bits per heavy atom. The van der Waals surface area contributed by atoms with Crippen molar-refractivity contribution in [2.24, 2.45) is 5.92 Å². The van der Waals surface area contributed by atoms with E-state index in [4.69, 9.17) is 11.6 Å². The Labute approximate surface area is 234 Å². The van der Waals surface area contributed by atoms with Crippen LogP contribution in [-0.2, 0) is 16.0 Å². The Hall–Kier alpha value is -4.16. The molecule has 7 heteroatoms. The predicted molar refractivity (Wildman–Crippen MR) is 157 cm³/mol. The summed E-state index contributed by atoms with van der Waals surface area (Å²) in [7, 11) is 0. The molecule has 5 rings (SSSR count). The van der Waals surface area contributed by atoms with E-state index in [1.807, 2.05) is 97.6 Å². The number of rotatable bonds is 7. The van der Waals surface area contributed by atoms with Crippen molar-refractivity contribution < 1.29 is 9.59 Å². The molecule has 0 fully saturated rings. The molecule has 2 amide bonds. The summed E-state index contributed by atoms with van der Waals surface area (Å²) in [5.41, 5.74) is 6.47. The number of benzene rings is 3. The molecule has 0 spiro atoms. The van der Waals surface area contributed by atoms with Crippen LogP contribution in [0.2, 0.25) is 5.02 Å². The second kappa shape index (κ2) is 11.3. The summed E-state index contributed by atoms with van der Waals surface area (Å²) in [4.78, 5) is 32.0. The molecule has 2 heterocycles. The maximum atomic E-state index is 13.6. The monoisotopic (exact) mass is 538 g/mol. The van der Waals surface area contributed by atoms with Crippen molar-refractivity contribution >= 4 is 40.5 Å². The average molecular weight is 539 g/mol. The number of halogens is 1. The van der Waals surface area contributed by atoms with Crippen LogP contribution in [0.15, 0.2) is 91.3 Å². The standard InChI is InChI=1S/C32H31ClN4O2/c1-20(2)32(39)36-27-9-6-24-18-30(38)37(31(29(24)19-27)23-4-7-25(33)8-5-23)28-12-10-26(11-13-28)35-21(3)22-14-16-34-17-15-22/h4-17,19-21,31,35H,18H2,1-3H3,(H,36,39). The van der Waals surface area contributed by atoms with Gasteiger partial charge in [0.05, 0.1) is 12.5 Å². The van der Waals surface area contributed by atoms with Gasteiger partial charge in [0, 0.05) is 46.4 Å². The number of hydrogen-bond acceptors (Lipinski definition) is 4. The number of hydrogen-bond donors (Lipinski definition) is 2. The van der Waals surface area contributed by atoms with Gasteiger partial charge in [0.25, 0.3) is 0 Å². The topological polar surface area (TPSA) is 74.3 Å². The predicted octanol–water partition coefficient (Wildman–Crippen LogP) is 7.18. The molecule has 0 saturated carbocycles. The molecule has 0 saturated heterocycles. The van der Waals surface area contributed by atoms with Gasteiger partial charge in [-0.2, -0.15) is 0 Å². The van der Waals surface area contributed by atoms with Crippen molar-refractivity contribution in [2.75, 3.05) is 15.5 Å². The molecule has 1 aromatic heterocycles. The second-order valence-corrected chi connectivity index (χ2v) is 10.6. The number of aromatic nitrogens is 1. The van der Waals surface area contributed by atoms with Gasteiger partial charge < -0.3 is 15.5 Å². The van der Waals surface area contributed by atoms with Gasteiger partial charge in [-0.25, -0.2) is 0 Å².